The lowest BCUT2D eigenvalue weighted by atomic mass is 10.2. The number of carbonyl (C=O) groups excluding carboxylic acids is 1. The molecule has 2 fully saturated rings. The van der Waals surface area contributed by atoms with Gasteiger partial charge >= 0.3 is 6.03 Å². The Kier molecular flexibility index (Phi) is 4.66. The number of piperazine rings is 1. The first-order valence-electron chi connectivity index (χ1n) is 7.08. The highest BCUT2D eigenvalue weighted by atomic mass is 16.2. The van der Waals surface area contributed by atoms with Crippen LogP contribution in [-0.2, 0) is 0 Å². The minimum Gasteiger partial charge on any atom is -0.338 e. The van der Waals surface area contributed by atoms with Gasteiger partial charge in [0.15, 0.2) is 0 Å². The zero-order valence-corrected chi connectivity index (χ0v) is 11.0. The fourth-order valence-electron chi connectivity index (χ4n) is 2.41. The van der Waals surface area contributed by atoms with Gasteiger partial charge in [-0.2, -0.15) is 0 Å². The molecule has 4 heteroatoms. The summed E-state index contributed by atoms with van der Waals surface area (Å²) in [6.07, 6.45) is 6.24. The summed E-state index contributed by atoms with van der Waals surface area (Å²) in [5.74, 6) is 0. The van der Waals surface area contributed by atoms with E-state index in [1.807, 2.05) is 4.90 Å². The second kappa shape index (κ2) is 6.24. The summed E-state index contributed by atoms with van der Waals surface area (Å²) in [7, 11) is 0. The summed E-state index contributed by atoms with van der Waals surface area (Å²) in [5, 5.41) is 3.02. The van der Waals surface area contributed by atoms with Crippen LogP contribution in [0.15, 0.2) is 0 Å². The monoisotopic (exact) mass is 239 g/mol. The SMILES string of the molecule is CCCCCNC(=O)N1CCN(C2CC2)CC1. The van der Waals surface area contributed by atoms with Gasteiger partial charge < -0.3 is 10.2 Å². The molecule has 0 aromatic carbocycles. The third-order valence-corrected chi connectivity index (χ3v) is 3.72. The Morgan fingerprint density at radius 1 is 1.18 bits per heavy atom. The van der Waals surface area contributed by atoms with Crippen molar-refractivity contribution in [1.29, 1.82) is 0 Å². The maximum absolute atomic E-state index is 11.8. The number of urea groups is 1. The van der Waals surface area contributed by atoms with Crippen LogP contribution in [0.25, 0.3) is 0 Å². The third kappa shape index (κ3) is 3.87. The van der Waals surface area contributed by atoms with Gasteiger partial charge in [-0.1, -0.05) is 19.8 Å². The topological polar surface area (TPSA) is 35.6 Å². The fourth-order valence-corrected chi connectivity index (χ4v) is 2.41. The zero-order valence-electron chi connectivity index (χ0n) is 11.0. The van der Waals surface area contributed by atoms with Crippen LogP contribution in [0.3, 0.4) is 0 Å². The highest BCUT2D eigenvalue weighted by molar-refractivity contribution is 5.74. The average molecular weight is 239 g/mol. The number of amides is 2. The van der Waals surface area contributed by atoms with Crippen LogP contribution >= 0.6 is 0 Å². The number of rotatable bonds is 5. The van der Waals surface area contributed by atoms with Gasteiger partial charge in [-0.25, -0.2) is 4.79 Å². The second-order valence-corrected chi connectivity index (χ2v) is 5.19. The molecule has 0 atom stereocenters. The van der Waals surface area contributed by atoms with E-state index in [9.17, 15) is 4.79 Å². The second-order valence-electron chi connectivity index (χ2n) is 5.19. The van der Waals surface area contributed by atoms with E-state index in [0.717, 1.165) is 45.2 Å². The smallest absolute Gasteiger partial charge is 0.317 e. The van der Waals surface area contributed by atoms with E-state index in [2.05, 4.69) is 17.1 Å². The van der Waals surface area contributed by atoms with Crippen LogP contribution in [-0.4, -0.2) is 54.6 Å². The number of nitrogens with one attached hydrogen (secondary N) is 1. The Hall–Kier alpha value is -0.770. The molecule has 0 aromatic rings. The molecule has 4 nitrogen and oxygen atoms in total. The van der Waals surface area contributed by atoms with Gasteiger partial charge in [0.05, 0.1) is 0 Å². The molecule has 0 aromatic heterocycles. The van der Waals surface area contributed by atoms with Crippen molar-refractivity contribution in [3.05, 3.63) is 0 Å². The average Bonchev–Trinajstić information content (AvgIpc) is 3.19. The van der Waals surface area contributed by atoms with Crippen molar-refractivity contribution >= 4 is 6.03 Å². The standard InChI is InChI=1S/C13H25N3O/c1-2-3-4-7-14-13(17)16-10-8-15(9-11-16)12-5-6-12/h12H,2-11H2,1H3,(H,14,17). The van der Waals surface area contributed by atoms with Crippen LogP contribution in [0.1, 0.15) is 39.0 Å². The van der Waals surface area contributed by atoms with Crippen molar-refractivity contribution in [2.45, 2.75) is 45.1 Å². The number of carbonyl (C=O) groups is 1. The van der Waals surface area contributed by atoms with E-state index >= 15 is 0 Å². The van der Waals surface area contributed by atoms with E-state index < -0.39 is 0 Å². The van der Waals surface area contributed by atoms with Gasteiger partial charge in [0, 0.05) is 38.8 Å². The lowest BCUT2D eigenvalue weighted by Crippen LogP contribution is -2.52. The van der Waals surface area contributed by atoms with Crippen LogP contribution in [0.2, 0.25) is 0 Å². The Bertz CT molecular complexity index is 245. The summed E-state index contributed by atoms with van der Waals surface area (Å²) in [5.41, 5.74) is 0. The number of unbranched alkanes of at least 4 members (excludes halogenated alkanes) is 2. The van der Waals surface area contributed by atoms with E-state index in [-0.39, 0.29) is 6.03 Å². The zero-order chi connectivity index (χ0) is 12.1. The lowest BCUT2D eigenvalue weighted by molar-refractivity contribution is 0.135. The van der Waals surface area contributed by atoms with Crippen LogP contribution in [0, 0.1) is 0 Å². The lowest BCUT2D eigenvalue weighted by Gasteiger charge is -2.34. The Morgan fingerprint density at radius 3 is 2.47 bits per heavy atom. The first kappa shape index (κ1) is 12.7. The number of hydrogen-bond acceptors (Lipinski definition) is 2. The number of nitrogens with zero attached hydrogens (tertiary/aromatic N) is 2. The largest absolute Gasteiger partial charge is 0.338 e. The van der Waals surface area contributed by atoms with Crippen molar-refractivity contribution < 1.29 is 4.79 Å². The Morgan fingerprint density at radius 2 is 1.88 bits per heavy atom. The van der Waals surface area contributed by atoms with Gasteiger partial charge in [-0.15, -0.1) is 0 Å². The van der Waals surface area contributed by atoms with Crippen LogP contribution < -0.4 is 5.32 Å². The molecule has 1 aliphatic carbocycles. The van der Waals surface area contributed by atoms with E-state index in [0.29, 0.717) is 0 Å². The van der Waals surface area contributed by atoms with Gasteiger partial charge in [-0.05, 0) is 19.3 Å². The first-order chi connectivity index (χ1) is 8.31. The van der Waals surface area contributed by atoms with Gasteiger partial charge in [0.2, 0.25) is 0 Å². The fraction of sp³-hybridized carbons (Fsp3) is 0.923. The summed E-state index contributed by atoms with van der Waals surface area (Å²) >= 11 is 0. The summed E-state index contributed by atoms with van der Waals surface area (Å²) in [6.45, 7) is 6.93. The minimum absolute atomic E-state index is 0.136. The highest BCUT2D eigenvalue weighted by Crippen LogP contribution is 2.27. The molecule has 17 heavy (non-hydrogen) atoms. The molecule has 0 radical (unpaired) electrons. The molecule has 2 aliphatic rings. The molecule has 0 bridgehead atoms. The molecular formula is C13H25N3O. The molecule has 1 saturated heterocycles. The molecule has 2 rings (SSSR count). The van der Waals surface area contributed by atoms with Crippen molar-refractivity contribution in [3.8, 4) is 0 Å². The summed E-state index contributed by atoms with van der Waals surface area (Å²) in [4.78, 5) is 16.3. The summed E-state index contributed by atoms with van der Waals surface area (Å²) in [6, 6.07) is 0.973. The Balaban J connectivity index is 1.60. The van der Waals surface area contributed by atoms with Crippen molar-refractivity contribution in [2.75, 3.05) is 32.7 Å². The first-order valence-corrected chi connectivity index (χ1v) is 7.08. The summed E-state index contributed by atoms with van der Waals surface area (Å²) < 4.78 is 0. The highest BCUT2D eigenvalue weighted by Gasteiger charge is 2.32. The molecule has 1 N–H and O–H groups in total. The Labute approximate surface area is 104 Å². The van der Waals surface area contributed by atoms with Crippen molar-refractivity contribution in [1.82, 2.24) is 15.1 Å². The molecule has 1 aliphatic heterocycles. The van der Waals surface area contributed by atoms with E-state index in [1.165, 1.54) is 25.7 Å². The van der Waals surface area contributed by atoms with E-state index in [4.69, 9.17) is 0 Å². The molecule has 0 unspecified atom stereocenters. The number of hydrogen-bond donors (Lipinski definition) is 1. The molecule has 98 valence electrons. The molecule has 2 amide bonds. The predicted molar refractivity (Wildman–Crippen MR) is 69.1 cm³/mol. The quantitative estimate of drug-likeness (QED) is 0.741. The normalized spacial score (nSPS) is 21.6. The molecular weight excluding hydrogens is 214 g/mol. The van der Waals surface area contributed by atoms with Crippen molar-refractivity contribution in [3.63, 3.8) is 0 Å². The van der Waals surface area contributed by atoms with Crippen molar-refractivity contribution in [2.24, 2.45) is 0 Å². The molecule has 1 saturated carbocycles. The molecule has 1 heterocycles. The molecule has 0 spiro atoms. The van der Waals surface area contributed by atoms with Crippen LogP contribution in [0.4, 0.5) is 4.79 Å². The van der Waals surface area contributed by atoms with Gasteiger partial charge in [0.1, 0.15) is 0 Å². The maximum Gasteiger partial charge on any atom is 0.317 e. The predicted octanol–water partition coefficient (Wildman–Crippen LogP) is 1.67. The van der Waals surface area contributed by atoms with Gasteiger partial charge in [-0.3, -0.25) is 4.90 Å². The van der Waals surface area contributed by atoms with E-state index in [1.54, 1.807) is 0 Å². The third-order valence-electron chi connectivity index (χ3n) is 3.72. The maximum atomic E-state index is 11.8. The van der Waals surface area contributed by atoms with Crippen LogP contribution in [0.5, 0.6) is 0 Å². The van der Waals surface area contributed by atoms with Gasteiger partial charge in [0.25, 0.3) is 0 Å². The minimum atomic E-state index is 0.136.